The molecule has 5 aromatic rings. The first-order valence-electron chi connectivity index (χ1n) is 12.4. The molecule has 2 aromatic carbocycles. The molecular formula is C27H20F3N5O5S. The van der Waals surface area contributed by atoms with Crippen LogP contribution in [-0.4, -0.2) is 34.9 Å². The number of sulfonamides is 1. The van der Waals surface area contributed by atoms with Gasteiger partial charge in [0.05, 0.1) is 6.54 Å². The van der Waals surface area contributed by atoms with E-state index in [0.29, 0.717) is 11.1 Å². The Hall–Kier alpha value is -4.72. The van der Waals surface area contributed by atoms with Gasteiger partial charge in [0.15, 0.2) is 10.9 Å². The minimum Gasteiger partial charge on any atom is -0.406 e. The molecule has 14 heteroatoms. The van der Waals surface area contributed by atoms with Crippen LogP contribution in [0.1, 0.15) is 29.9 Å². The molecule has 0 amide bonds. The number of ether oxygens (including phenoxy) is 1. The Labute approximate surface area is 230 Å². The monoisotopic (exact) mass is 583 g/mol. The molecule has 3 heterocycles. The van der Waals surface area contributed by atoms with Gasteiger partial charge in [0.25, 0.3) is 10.0 Å². The molecule has 210 valence electrons. The van der Waals surface area contributed by atoms with Gasteiger partial charge in [-0.3, -0.25) is 9.51 Å². The zero-order valence-corrected chi connectivity index (χ0v) is 21.8. The number of rotatable bonds is 8. The van der Waals surface area contributed by atoms with Crippen LogP contribution >= 0.6 is 0 Å². The lowest BCUT2D eigenvalue weighted by molar-refractivity contribution is -0.274. The lowest BCUT2D eigenvalue weighted by Crippen LogP contribution is -2.33. The third-order valence-corrected chi connectivity index (χ3v) is 8.18. The van der Waals surface area contributed by atoms with E-state index in [1.54, 1.807) is 6.20 Å². The molecule has 1 fully saturated rings. The lowest BCUT2D eigenvalue weighted by atomic mass is 10.0. The van der Waals surface area contributed by atoms with E-state index < -0.39 is 27.9 Å². The number of nitrogens with zero attached hydrogens (tertiary/aromatic N) is 4. The second kappa shape index (κ2) is 10.0. The quantitative estimate of drug-likeness (QED) is 0.266. The molecule has 0 saturated heterocycles. The normalized spacial score (nSPS) is 13.8. The van der Waals surface area contributed by atoms with E-state index in [1.165, 1.54) is 30.5 Å². The number of anilines is 1. The van der Waals surface area contributed by atoms with E-state index >= 15 is 0 Å². The van der Waals surface area contributed by atoms with E-state index in [2.05, 4.69) is 29.4 Å². The first-order valence-corrected chi connectivity index (χ1v) is 13.8. The summed E-state index contributed by atoms with van der Waals surface area (Å²) in [6.45, 7) is -0.236. The number of hydrogen-bond donors (Lipinski definition) is 1. The molecule has 0 radical (unpaired) electrons. The second-order valence-corrected chi connectivity index (χ2v) is 11.2. The van der Waals surface area contributed by atoms with Crippen LogP contribution in [-0.2, 0) is 16.6 Å². The number of aromatic nitrogens is 4. The molecule has 1 N–H and O–H groups in total. The fraction of sp³-hybridized carbons (Fsp3) is 0.185. The van der Waals surface area contributed by atoms with Crippen molar-refractivity contribution < 1.29 is 30.8 Å². The Kier molecular flexibility index (Phi) is 6.49. The number of H-pyrrole nitrogens is 1. The number of fused-ring (bicyclic) bond motifs is 1. The van der Waals surface area contributed by atoms with Crippen molar-refractivity contribution in [2.75, 3.05) is 4.31 Å². The largest absolute Gasteiger partial charge is 0.573 e. The molecule has 0 bridgehead atoms. The standard InChI is InChI=1S/C27H20F3N5O5S/c28-27(29,30)39-20-10-5-16(6-11-20)15-35(25-23(17-7-8-17)21-4-2-1-3-18(21)13-32-25)41(37,38)22-12-9-19(14-31-22)24-33-26(36)40-34-24/h1-6,9-14,17H,7-8,15H2,(H,33,34,36). The summed E-state index contributed by atoms with van der Waals surface area (Å²) in [6, 6.07) is 15.2. The van der Waals surface area contributed by atoms with Gasteiger partial charge < -0.3 is 4.74 Å². The first kappa shape index (κ1) is 26.5. The molecule has 1 aliphatic rings. The van der Waals surface area contributed by atoms with Crippen LogP contribution < -0.4 is 14.8 Å². The van der Waals surface area contributed by atoms with E-state index in [0.717, 1.165) is 45.6 Å². The summed E-state index contributed by atoms with van der Waals surface area (Å²) >= 11 is 0. The molecule has 0 aliphatic heterocycles. The van der Waals surface area contributed by atoms with Crippen molar-refractivity contribution >= 4 is 26.6 Å². The molecule has 3 aromatic heterocycles. The van der Waals surface area contributed by atoms with Crippen molar-refractivity contribution in [3.8, 4) is 17.1 Å². The maximum absolute atomic E-state index is 14.1. The lowest BCUT2D eigenvalue weighted by Gasteiger charge is -2.26. The molecule has 0 spiro atoms. The van der Waals surface area contributed by atoms with E-state index in [9.17, 15) is 26.4 Å². The molecule has 0 unspecified atom stereocenters. The SMILES string of the molecule is O=c1[nH]c(-c2ccc(S(=O)(=O)N(Cc3ccc(OC(F)(F)F)cc3)c3ncc4ccccc4c3C3CC3)nc2)no1. The highest BCUT2D eigenvalue weighted by Gasteiger charge is 2.36. The van der Waals surface area contributed by atoms with Crippen molar-refractivity contribution in [3.05, 3.63) is 94.7 Å². The van der Waals surface area contributed by atoms with Crippen LogP contribution in [0.4, 0.5) is 19.0 Å². The fourth-order valence-electron chi connectivity index (χ4n) is 4.52. The second-order valence-electron chi connectivity index (χ2n) is 9.39. The van der Waals surface area contributed by atoms with Gasteiger partial charge in [0, 0.05) is 28.9 Å². The summed E-state index contributed by atoms with van der Waals surface area (Å²) in [7, 11) is -4.35. The summed E-state index contributed by atoms with van der Waals surface area (Å²) < 4.78 is 75.8. The predicted molar refractivity (Wildman–Crippen MR) is 141 cm³/mol. The van der Waals surface area contributed by atoms with Gasteiger partial charge in [-0.2, -0.15) is 8.42 Å². The zero-order valence-electron chi connectivity index (χ0n) is 21.0. The Morgan fingerprint density at radius 3 is 2.39 bits per heavy atom. The van der Waals surface area contributed by atoms with Crippen molar-refractivity contribution in [2.24, 2.45) is 0 Å². The fourth-order valence-corrected chi connectivity index (χ4v) is 5.87. The minimum absolute atomic E-state index is 0.0803. The summed E-state index contributed by atoms with van der Waals surface area (Å²) in [5, 5.41) is 5.00. The highest BCUT2D eigenvalue weighted by atomic mass is 32.2. The van der Waals surface area contributed by atoms with Gasteiger partial charge in [-0.25, -0.2) is 19.1 Å². The predicted octanol–water partition coefficient (Wildman–Crippen LogP) is 5.14. The number of alkyl halides is 3. The number of halogens is 3. The Morgan fingerprint density at radius 2 is 1.76 bits per heavy atom. The highest BCUT2D eigenvalue weighted by Crippen LogP contribution is 2.47. The van der Waals surface area contributed by atoms with Crippen LogP contribution in [0.3, 0.4) is 0 Å². The van der Waals surface area contributed by atoms with Crippen LogP contribution in [0, 0.1) is 0 Å². The van der Waals surface area contributed by atoms with Crippen LogP contribution in [0.15, 0.2) is 87.4 Å². The minimum atomic E-state index is -4.86. The Bertz CT molecular complexity index is 1880. The van der Waals surface area contributed by atoms with Gasteiger partial charge in [-0.05, 0) is 54.0 Å². The van der Waals surface area contributed by atoms with Gasteiger partial charge in [-0.1, -0.05) is 41.6 Å². The molecule has 1 aliphatic carbocycles. The molecule has 10 nitrogen and oxygen atoms in total. The number of nitrogens with one attached hydrogen (secondary N) is 1. The van der Waals surface area contributed by atoms with Crippen molar-refractivity contribution in [2.45, 2.75) is 36.7 Å². The van der Waals surface area contributed by atoms with Gasteiger partial charge in [0.1, 0.15) is 11.6 Å². The summed E-state index contributed by atoms with van der Waals surface area (Å²) in [4.78, 5) is 22.4. The number of pyridine rings is 2. The molecular weight excluding hydrogens is 563 g/mol. The van der Waals surface area contributed by atoms with Crippen LogP contribution in [0.5, 0.6) is 5.75 Å². The van der Waals surface area contributed by atoms with Crippen molar-refractivity contribution in [1.82, 2.24) is 20.1 Å². The Balaban J connectivity index is 1.44. The molecule has 6 rings (SSSR count). The highest BCUT2D eigenvalue weighted by molar-refractivity contribution is 7.92. The van der Waals surface area contributed by atoms with Gasteiger partial charge in [-0.15, -0.1) is 13.2 Å². The van der Waals surface area contributed by atoms with Gasteiger partial charge in [0.2, 0.25) is 0 Å². The maximum Gasteiger partial charge on any atom is 0.573 e. The summed E-state index contributed by atoms with van der Waals surface area (Å²) in [6.07, 6.45) is -0.303. The Morgan fingerprint density at radius 1 is 1.00 bits per heavy atom. The number of hydrogen-bond acceptors (Lipinski definition) is 8. The van der Waals surface area contributed by atoms with Crippen LogP contribution in [0.2, 0.25) is 0 Å². The third kappa shape index (κ3) is 5.50. The van der Waals surface area contributed by atoms with E-state index in [-0.39, 0.29) is 29.1 Å². The zero-order chi connectivity index (χ0) is 28.8. The molecule has 1 saturated carbocycles. The van der Waals surface area contributed by atoms with E-state index in [1.807, 2.05) is 24.3 Å². The van der Waals surface area contributed by atoms with Crippen molar-refractivity contribution in [3.63, 3.8) is 0 Å². The van der Waals surface area contributed by atoms with E-state index in [4.69, 9.17) is 0 Å². The third-order valence-electron chi connectivity index (χ3n) is 6.53. The van der Waals surface area contributed by atoms with Crippen molar-refractivity contribution in [1.29, 1.82) is 0 Å². The maximum atomic E-state index is 14.1. The average Bonchev–Trinajstić information content (AvgIpc) is 3.70. The smallest absolute Gasteiger partial charge is 0.406 e. The summed E-state index contributed by atoms with van der Waals surface area (Å²) in [5.74, 6) is -0.806. The average molecular weight is 584 g/mol. The number of aromatic amines is 1. The number of benzene rings is 2. The molecule has 41 heavy (non-hydrogen) atoms. The van der Waals surface area contributed by atoms with Gasteiger partial charge >= 0.3 is 12.1 Å². The first-order chi connectivity index (χ1) is 19.6. The topological polar surface area (TPSA) is 131 Å². The summed E-state index contributed by atoms with van der Waals surface area (Å²) in [5.41, 5.74) is 1.50. The van der Waals surface area contributed by atoms with Crippen LogP contribution in [0.25, 0.3) is 22.2 Å². The molecule has 0 atom stereocenters.